The lowest BCUT2D eigenvalue weighted by atomic mass is 10.0. The van der Waals surface area contributed by atoms with E-state index >= 15 is 0 Å². The summed E-state index contributed by atoms with van der Waals surface area (Å²) in [6.45, 7) is 9.28. The van der Waals surface area contributed by atoms with Gasteiger partial charge in [-0.1, -0.05) is 6.07 Å². The lowest BCUT2D eigenvalue weighted by Gasteiger charge is -2.31. The van der Waals surface area contributed by atoms with Crippen molar-refractivity contribution in [3.63, 3.8) is 0 Å². The fraction of sp³-hybridized carbons (Fsp3) is 0.500. The van der Waals surface area contributed by atoms with Crippen LogP contribution in [0.1, 0.15) is 52.7 Å². The van der Waals surface area contributed by atoms with Crippen LogP contribution in [0.3, 0.4) is 0 Å². The molecule has 33 heavy (non-hydrogen) atoms. The van der Waals surface area contributed by atoms with Gasteiger partial charge in [-0.2, -0.15) is 18.1 Å². The highest BCUT2D eigenvalue weighted by molar-refractivity contribution is 5.94. The fourth-order valence-electron chi connectivity index (χ4n) is 2.98. The molecule has 0 saturated carbocycles. The molecule has 0 aliphatic carbocycles. The van der Waals surface area contributed by atoms with Crippen LogP contribution in [0.25, 0.3) is 10.9 Å². The minimum atomic E-state index is -4.55. The SMILES string of the molecule is CC(C)(C)OC(=O)N(C(=O)OC(C)(C)C)C(Cc1c[nH]c2cc(C(F)(F)F)ccc12)C(=O)O. The Bertz CT molecular complexity index is 1020. The number of aliphatic carboxylic acids is 1. The Morgan fingerprint density at radius 2 is 1.52 bits per heavy atom. The van der Waals surface area contributed by atoms with Crippen LogP contribution in [-0.4, -0.2) is 50.4 Å². The molecule has 2 rings (SSSR count). The van der Waals surface area contributed by atoms with Crippen molar-refractivity contribution in [3.8, 4) is 0 Å². The molecule has 1 aromatic heterocycles. The van der Waals surface area contributed by atoms with E-state index in [2.05, 4.69) is 4.98 Å². The normalized spacial score (nSPS) is 13.5. The van der Waals surface area contributed by atoms with Crippen LogP contribution in [0.5, 0.6) is 0 Å². The summed E-state index contributed by atoms with van der Waals surface area (Å²) < 4.78 is 49.4. The first-order chi connectivity index (χ1) is 14.9. The second-order valence-corrected chi connectivity index (χ2v) is 9.46. The minimum absolute atomic E-state index is 0.130. The summed E-state index contributed by atoms with van der Waals surface area (Å²) in [5.74, 6) is -1.52. The minimum Gasteiger partial charge on any atom is -0.480 e. The topological polar surface area (TPSA) is 109 Å². The maximum atomic E-state index is 13.0. The number of rotatable bonds is 4. The van der Waals surface area contributed by atoms with E-state index in [1.54, 1.807) is 41.5 Å². The van der Waals surface area contributed by atoms with Crippen molar-refractivity contribution < 1.29 is 42.1 Å². The molecule has 2 aromatic rings. The summed E-state index contributed by atoms with van der Waals surface area (Å²) in [6.07, 6.45) is -6.04. The largest absolute Gasteiger partial charge is 0.480 e. The molecule has 0 aliphatic heterocycles. The quantitative estimate of drug-likeness (QED) is 0.621. The van der Waals surface area contributed by atoms with E-state index < -0.39 is 47.1 Å². The summed E-state index contributed by atoms with van der Waals surface area (Å²) >= 11 is 0. The molecule has 0 radical (unpaired) electrons. The molecule has 0 bridgehead atoms. The van der Waals surface area contributed by atoms with Gasteiger partial charge in [0.05, 0.1) is 5.56 Å². The number of benzene rings is 1. The van der Waals surface area contributed by atoms with Gasteiger partial charge in [-0.25, -0.2) is 14.4 Å². The maximum Gasteiger partial charge on any atom is 0.420 e. The molecule has 11 heteroatoms. The molecule has 182 valence electrons. The van der Waals surface area contributed by atoms with E-state index in [0.29, 0.717) is 15.8 Å². The number of halogens is 3. The van der Waals surface area contributed by atoms with Crippen molar-refractivity contribution in [2.75, 3.05) is 0 Å². The number of carboxylic acid groups (broad SMARTS) is 1. The van der Waals surface area contributed by atoms with Crippen molar-refractivity contribution in [1.29, 1.82) is 0 Å². The summed E-state index contributed by atoms with van der Waals surface area (Å²) in [7, 11) is 0. The highest BCUT2D eigenvalue weighted by Crippen LogP contribution is 2.32. The van der Waals surface area contributed by atoms with Crippen molar-refractivity contribution in [3.05, 3.63) is 35.5 Å². The third-order valence-corrected chi connectivity index (χ3v) is 4.29. The highest BCUT2D eigenvalue weighted by atomic mass is 19.4. The molecule has 0 aliphatic rings. The van der Waals surface area contributed by atoms with Gasteiger partial charge in [0.25, 0.3) is 0 Å². The molecule has 2 amide bonds. The fourth-order valence-corrected chi connectivity index (χ4v) is 2.98. The zero-order valence-corrected chi connectivity index (χ0v) is 19.2. The molecule has 1 aromatic carbocycles. The number of amides is 2. The second kappa shape index (κ2) is 8.95. The Morgan fingerprint density at radius 3 is 1.94 bits per heavy atom. The van der Waals surface area contributed by atoms with E-state index in [4.69, 9.17) is 9.47 Å². The number of nitrogens with one attached hydrogen (secondary N) is 1. The van der Waals surface area contributed by atoms with Gasteiger partial charge in [-0.15, -0.1) is 0 Å². The number of hydrogen-bond donors (Lipinski definition) is 2. The first-order valence-electron chi connectivity index (χ1n) is 10.0. The Kier molecular flexibility index (Phi) is 7.06. The van der Waals surface area contributed by atoms with Crippen LogP contribution in [-0.2, 0) is 26.9 Å². The molecule has 1 unspecified atom stereocenters. The zero-order chi connectivity index (χ0) is 25.4. The number of nitrogens with zero attached hydrogens (tertiary/aromatic N) is 1. The number of carboxylic acids is 1. The molecule has 0 fully saturated rings. The monoisotopic (exact) mass is 472 g/mol. The molecular formula is C22H27F3N2O6. The van der Waals surface area contributed by atoms with Crippen LogP contribution >= 0.6 is 0 Å². The predicted molar refractivity (Wildman–Crippen MR) is 113 cm³/mol. The number of alkyl halides is 3. The number of H-pyrrole nitrogens is 1. The van der Waals surface area contributed by atoms with E-state index in [1.165, 1.54) is 12.3 Å². The molecular weight excluding hydrogens is 445 g/mol. The predicted octanol–water partition coefficient (Wildman–Crippen LogP) is 5.35. The lowest BCUT2D eigenvalue weighted by molar-refractivity contribution is -0.143. The zero-order valence-electron chi connectivity index (χ0n) is 19.2. The summed E-state index contributed by atoms with van der Waals surface area (Å²) in [4.78, 5) is 40.7. The smallest absolute Gasteiger partial charge is 0.420 e. The maximum absolute atomic E-state index is 13.0. The van der Waals surface area contributed by atoms with Gasteiger partial charge in [-0.3, -0.25) is 0 Å². The Morgan fingerprint density at radius 1 is 1.00 bits per heavy atom. The van der Waals surface area contributed by atoms with Crippen LogP contribution in [0.15, 0.2) is 24.4 Å². The Hall–Kier alpha value is -3.24. The van der Waals surface area contributed by atoms with Crippen molar-refractivity contribution in [1.82, 2.24) is 9.88 Å². The van der Waals surface area contributed by atoms with Crippen LogP contribution in [0.4, 0.5) is 22.8 Å². The third kappa shape index (κ3) is 6.87. The van der Waals surface area contributed by atoms with Gasteiger partial charge in [0.1, 0.15) is 17.2 Å². The van der Waals surface area contributed by atoms with E-state index in [0.717, 1.165) is 12.1 Å². The van der Waals surface area contributed by atoms with Crippen LogP contribution in [0.2, 0.25) is 0 Å². The van der Waals surface area contributed by atoms with Gasteiger partial charge in [-0.05, 0) is 59.2 Å². The molecule has 1 heterocycles. The number of fused-ring (bicyclic) bond motifs is 1. The first kappa shape index (κ1) is 26.0. The van der Waals surface area contributed by atoms with Gasteiger partial charge in [0, 0.05) is 23.5 Å². The Balaban J connectivity index is 2.47. The first-order valence-corrected chi connectivity index (χ1v) is 10.0. The van der Waals surface area contributed by atoms with Crippen molar-refractivity contribution in [2.45, 2.75) is 71.4 Å². The summed E-state index contributed by atoms with van der Waals surface area (Å²) in [5.41, 5.74) is -2.51. The van der Waals surface area contributed by atoms with Crippen LogP contribution in [0, 0.1) is 0 Å². The van der Waals surface area contributed by atoms with Gasteiger partial charge in [0.2, 0.25) is 0 Å². The third-order valence-electron chi connectivity index (χ3n) is 4.29. The molecule has 1 atom stereocenters. The average molecular weight is 472 g/mol. The number of aromatic amines is 1. The lowest BCUT2D eigenvalue weighted by Crippen LogP contribution is -2.52. The molecule has 0 saturated heterocycles. The number of carbonyl (C=O) groups is 3. The van der Waals surface area contributed by atoms with E-state index in [9.17, 15) is 32.7 Å². The van der Waals surface area contributed by atoms with Gasteiger partial charge >= 0.3 is 24.3 Å². The summed E-state index contributed by atoms with van der Waals surface area (Å²) in [5, 5.41) is 10.2. The van der Waals surface area contributed by atoms with E-state index in [1.807, 2.05) is 0 Å². The van der Waals surface area contributed by atoms with Crippen LogP contribution < -0.4 is 0 Å². The number of carbonyl (C=O) groups excluding carboxylic acids is 2. The number of hydrogen-bond acceptors (Lipinski definition) is 5. The van der Waals surface area contributed by atoms with E-state index in [-0.39, 0.29) is 11.9 Å². The van der Waals surface area contributed by atoms with Gasteiger partial charge < -0.3 is 19.6 Å². The summed E-state index contributed by atoms with van der Waals surface area (Å²) in [6, 6.07) is 1.23. The highest BCUT2D eigenvalue weighted by Gasteiger charge is 2.41. The average Bonchev–Trinajstić information content (AvgIpc) is 2.99. The molecule has 0 spiro atoms. The molecule has 8 nitrogen and oxygen atoms in total. The second-order valence-electron chi connectivity index (χ2n) is 9.46. The number of ether oxygens (including phenoxy) is 2. The van der Waals surface area contributed by atoms with Crippen molar-refractivity contribution in [2.24, 2.45) is 0 Å². The standard InChI is InChI=1S/C22H27F3N2O6/c1-20(2,3)32-18(30)27(19(31)33-21(4,5)6)16(17(28)29)9-12-11-26-15-10-13(22(23,24)25)7-8-14(12)15/h7-8,10-11,16,26H,9H2,1-6H3,(H,28,29). The van der Waals surface area contributed by atoms with Gasteiger partial charge in [0.15, 0.2) is 0 Å². The number of imide groups is 1. The van der Waals surface area contributed by atoms with Crippen molar-refractivity contribution >= 4 is 29.1 Å². The number of aromatic nitrogens is 1. The Labute approximate surface area is 188 Å². The molecule has 2 N–H and O–H groups in total.